The molecule has 5 nitrogen and oxygen atoms in total. The van der Waals surface area contributed by atoms with Gasteiger partial charge in [0.05, 0.1) is 13.2 Å². The molecule has 1 amide bonds. The first-order chi connectivity index (χ1) is 8.16. The van der Waals surface area contributed by atoms with Crippen molar-refractivity contribution < 1.29 is 13.9 Å². The Hall–Kier alpha value is -1.33. The van der Waals surface area contributed by atoms with Crippen LogP contribution in [0, 0.1) is 0 Å². The zero-order valence-electron chi connectivity index (χ0n) is 10.2. The molecule has 5 heteroatoms. The normalized spacial score (nSPS) is 19.5. The number of amides is 1. The fourth-order valence-corrected chi connectivity index (χ4v) is 1.75. The van der Waals surface area contributed by atoms with Gasteiger partial charge in [0.1, 0.15) is 5.76 Å². The average molecular weight is 238 g/mol. The molecule has 2 rings (SSSR count). The van der Waals surface area contributed by atoms with Gasteiger partial charge in [-0.05, 0) is 18.6 Å². The van der Waals surface area contributed by atoms with Gasteiger partial charge in [0.25, 0.3) is 5.91 Å². The predicted molar refractivity (Wildman–Crippen MR) is 62.8 cm³/mol. The quantitative estimate of drug-likeness (QED) is 0.845. The lowest BCUT2D eigenvalue weighted by Crippen LogP contribution is -2.28. The molecule has 17 heavy (non-hydrogen) atoms. The summed E-state index contributed by atoms with van der Waals surface area (Å²) in [6, 6.07) is 3.94. The second-order valence-electron chi connectivity index (χ2n) is 4.41. The fourth-order valence-electron chi connectivity index (χ4n) is 1.75. The van der Waals surface area contributed by atoms with Crippen molar-refractivity contribution in [3.05, 3.63) is 23.7 Å². The zero-order chi connectivity index (χ0) is 12.3. The van der Waals surface area contributed by atoms with Gasteiger partial charge in [0.2, 0.25) is 0 Å². The maximum Gasteiger partial charge on any atom is 0.289 e. The van der Waals surface area contributed by atoms with E-state index in [0.717, 1.165) is 25.4 Å². The molecule has 2 heterocycles. The largest absolute Gasteiger partial charge is 0.455 e. The maximum absolute atomic E-state index is 11.6. The molecule has 0 radical (unpaired) electrons. The van der Waals surface area contributed by atoms with Crippen LogP contribution in [0.2, 0.25) is 0 Å². The Morgan fingerprint density at radius 1 is 1.53 bits per heavy atom. The van der Waals surface area contributed by atoms with Crippen molar-refractivity contribution >= 4 is 5.91 Å². The number of nitrogens with one attached hydrogen (secondary N) is 1. The second-order valence-corrected chi connectivity index (χ2v) is 4.41. The number of hydrogen-bond donors (Lipinski definition) is 1. The summed E-state index contributed by atoms with van der Waals surface area (Å²) in [6.45, 7) is 2.21. The van der Waals surface area contributed by atoms with Crippen molar-refractivity contribution in [2.45, 2.75) is 19.0 Å². The Morgan fingerprint density at radius 3 is 3.00 bits per heavy atom. The lowest BCUT2D eigenvalue weighted by atomic mass is 10.2. The minimum atomic E-state index is -0.111. The van der Waals surface area contributed by atoms with E-state index in [1.807, 2.05) is 6.07 Å². The van der Waals surface area contributed by atoms with Crippen molar-refractivity contribution in [2.24, 2.45) is 0 Å². The Bertz CT molecular complexity index is 381. The molecule has 0 saturated carbocycles. The minimum absolute atomic E-state index is 0.111. The van der Waals surface area contributed by atoms with Crippen LogP contribution in [-0.2, 0) is 11.3 Å². The number of ether oxygens (including phenoxy) is 1. The van der Waals surface area contributed by atoms with Crippen LogP contribution in [0.1, 0.15) is 22.7 Å². The van der Waals surface area contributed by atoms with Crippen molar-refractivity contribution in [2.75, 3.05) is 27.3 Å². The van der Waals surface area contributed by atoms with Gasteiger partial charge in [0, 0.05) is 26.7 Å². The zero-order valence-corrected chi connectivity index (χ0v) is 10.2. The first kappa shape index (κ1) is 12.1. The topological polar surface area (TPSA) is 54.7 Å². The number of rotatable bonds is 4. The molecule has 0 aliphatic carbocycles. The molecule has 1 aliphatic rings. The van der Waals surface area contributed by atoms with E-state index >= 15 is 0 Å². The molecule has 1 aliphatic heterocycles. The highest BCUT2D eigenvalue weighted by molar-refractivity contribution is 5.91. The molecule has 1 aromatic heterocycles. The van der Waals surface area contributed by atoms with Crippen LogP contribution in [0.3, 0.4) is 0 Å². The Balaban J connectivity index is 1.87. The van der Waals surface area contributed by atoms with Crippen molar-refractivity contribution in [3.8, 4) is 0 Å². The third-order valence-corrected chi connectivity index (χ3v) is 2.77. The highest BCUT2D eigenvalue weighted by Crippen LogP contribution is 2.11. The van der Waals surface area contributed by atoms with Gasteiger partial charge in [-0.3, -0.25) is 4.79 Å². The highest BCUT2D eigenvalue weighted by atomic mass is 16.5. The van der Waals surface area contributed by atoms with Crippen LogP contribution < -0.4 is 5.32 Å². The second kappa shape index (κ2) is 5.33. The van der Waals surface area contributed by atoms with Crippen molar-refractivity contribution in [1.82, 2.24) is 10.2 Å². The lowest BCUT2D eigenvalue weighted by Gasteiger charge is -2.09. The van der Waals surface area contributed by atoms with Crippen molar-refractivity contribution in [3.63, 3.8) is 0 Å². The molecule has 0 bridgehead atoms. The average Bonchev–Trinajstić information content (AvgIpc) is 2.96. The number of hydrogen-bond acceptors (Lipinski definition) is 4. The van der Waals surface area contributed by atoms with E-state index < -0.39 is 0 Å². The maximum atomic E-state index is 11.6. The van der Waals surface area contributed by atoms with Gasteiger partial charge < -0.3 is 19.4 Å². The molecule has 0 aromatic carbocycles. The van der Waals surface area contributed by atoms with Gasteiger partial charge in [-0.25, -0.2) is 0 Å². The van der Waals surface area contributed by atoms with Crippen LogP contribution in [-0.4, -0.2) is 44.2 Å². The molecular formula is C12H18N2O3. The molecule has 94 valence electrons. The van der Waals surface area contributed by atoms with Gasteiger partial charge in [0.15, 0.2) is 5.76 Å². The van der Waals surface area contributed by atoms with Gasteiger partial charge in [-0.2, -0.15) is 0 Å². The van der Waals surface area contributed by atoms with Crippen LogP contribution in [0.5, 0.6) is 0 Å². The fraction of sp³-hybridized carbons (Fsp3) is 0.583. The summed E-state index contributed by atoms with van der Waals surface area (Å²) < 4.78 is 10.7. The summed E-state index contributed by atoms with van der Waals surface area (Å²) in [5.41, 5.74) is 0. The van der Waals surface area contributed by atoms with Crippen LogP contribution in [0.25, 0.3) is 0 Å². The molecule has 1 aromatic rings. The van der Waals surface area contributed by atoms with E-state index in [4.69, 9.17) is 9.15 Å². The molecule has 0 unspecified atom stereocenters. The van der Waals surface area contributed by atoms with Crippen molar-refractivity contribution in [1.29, 1.82) is 0 Å². The Labute approximate surface area is 101 Å². The summed E-state index contributed by atoms with van der Waals surface area (Å²) in [7, 11) is 3.41. The first-order valence-corrected chi connectivity index (χ1v) is 5.78. The molecule has 1 fully saturated rings. The summed E-state index contributed by atoms with van der Waals surface area (Å²) in [6.07, 6.45) is 1.03. The van der Waals surface area contributed by atoms with E-state index in [0.29, 0.717) is 18.3 Å². The van der Waals surface area contributed by atoms with Crippen LogP contribution >= 0.6 is 0 Å². The molecule has 1 atom stereocenters. The van der Waals surface area contributed by atoms with Crippen LogP contribution in [0.4, 0.5) is 0 Å². The van der Waals surface area contributed by atoms with Crippen LogP contribution in [0.15, 0.2) is 16.5 Å². The van der Waals surface area contributed by atoms with E-state index in [9.17, 15) is 4.79 Å². The first-order valence-electron chi connectivity index (χ1n) is 5.78. The summed E-state index contributed by atoms with van der Waals surface area (Å²) in [4.78, 5) is 13.1. The molecule has 0 spiro atoms. The standard InChI is InChI=1S/C12H18N2O3/c1-14(2)12(15)11-4-3-10(17-11)7-13-9-5-6-16-8-9/h3-4,9,13H,5-8H2,1-2H3/t9-/m0/s1. The number of nitrogens with zero attached hydrogens (tertiary/aromatic N) is 1. The van der Waals surface area contributed by atoms with E-state index in [1.165, 1.54) is 4.90 Å². The smallest absolute Gasteiger partial charge is 0.289 e. The Morgan fingerprint density at radius 2 is 2.35 bits per heavy atom. The summed E-state index contributed by atoms with van der Waals surface area (Å²) >= 11 is 0. The Kier molecular flexibility index (Phi) is 3.81. The summed E-state index contributed by atoms with van der Waals surface area (Å²) in [5.74, 6) is 1.05. The van der Waals surface area contributed by atoms with E-state index in [2.05, 4.69) is 5.32 Å². The third kappa shape index (κ3) is 3.08. The molecular weight excluding hydrogens is 220 g/mol. The predicted octanol–water partition coefficient (Wildman–Crippen LogP) is 0.860. The lowest BCUT2D eigenvalue weighted by molar-refractivity contribution is 0.0794. The minimum Gasteiger partial charge on any atom is -0.455 e. The number of furan rings is 1. The van der Waals surface area contributed by atoms with Gasteiger partial charge >= 0.3 is 0 Å². The number of carbonyl (C=O) groups is 1. The van der Waals surface area contributed by atoms with Gasteiger partial charge in [-0.15, -0.1) is 0 Å². The SMILES string of the molecule is CN(C)C(=O)c1ccc(CN[C@H]2CCOC2)o1. The van der Waals surface area contributed by atoms with Gasteiger partial charge in [-0.1, -0.05) is 0 Å². The third-order valence-electron chi connectivity index (χ3n) is 2.77. The number of carbonyl (C=O) groups excluding carboxylic acids is 1. The monoisotopic (exact) mass is 238 g/mol. The van der Waals surface area contributed by atoms with E-state index in [-0.39, 0.29) is 5.91 Å². The highest BCUT2D eigenvalue weighted by Gasteiger charge is 2.16. The summed E-state index contributed by atoms with van der Waals surface area (Å²) in [5, 5.41) is 3.34. The molecule has 1 N–H and O–H groups in total. The molecule has 1 saturated heterocycles. The van der Waals surface area contributed by atoms with E-state index in [1.54, 1.807) is 20.2 Å².